The smallest absolute Gasteiger partial charge is 0.336 e. The molecule has 1 aliphatic carbocycles. The number of hydrogen-bond acceptors (Lipinski definition) is 3. The lowest BCUT2D eigenvalue weighted by Gasteiger charge is -2.26. The SMILES string of the molecule is O=C(O)c1cccc(C#Cc2ccc3c(c2)CC(CN2CCOCC2)=C3)c1-c1ccc2cc[nH]c2c1. The first-order valence-corrected chi connectivity index (χ1v) is 12.2. The van der Waals surface area contributed by atoms with Crippen LogP contribution in [0.1, 0.15) is 32.6 Å². The molecule has 2 heterocycles. The predicted molar refractivity (Wildman–Crippen MR) is 142 cm³/mol. The van der Waals surface area contributed by atoms with E-state index in [2.05, 4.69) is 39.9 Å². The van der Waals surface area contributed by atoms with Gasteiger partial charge in [0.1, 0.15) is 0 Å². The second-order valence-corrected chi connectivity index (χ2v) is 9.34. The van der Waals surface area contributed by atoms with E-state index in [1.54, 1.807) is 12.1 Å². The van der Waals surface area contributed by atoms with Gasteiger partial charge in [-0.05, 0) is 64.9 Å². The van der Waals surface area contributed by atoms with Gasteiger partial charge in [0.25, 0.3) is 0 Å². The lowest BCUT2D eigenvalue weighted by molar-refractivity contribution is 0.0422. The average Bonchev–Trinajstić information content (AvgIpc) is 3.53. The number of nitrogens with zero attached hydrogens (tertiary/aromatic N) is 1. The van der Waals surface area contributed by atoms with Gasteiger partial charge in [0.05, 0.1) is 18.8 Å². The summed E-state index contributed by atoms with van der Waals surface area (Å²) in [5.41, 5.74) is 8.30. The molecule has 0 bridgehead atoms. The summed E-state index contributed by atoms with van der Waals surface area (Å²) in [6.07, 6.45) is 5.12. The lowest BCUT2D eigenvalue weighted by atomic mass is 9.93. The zero-order chi connectivity index (χ0) is 24.5. The number of hydrogen-bond donors (Lipinski definition) is 2. The summed E-state index contributed by atoms with van der Waals surface area (Å²) in [6.45, 7) is 4.57. The minimum atomic E-state index is -0.961. The van der Waals surface area contributed by atoms with Crippen molar-refractivity contribution < 1.29 is 14.6 Å². The molecule has 2 aliphatic rings. The number of aromatic amines is 1. The summed E-state index contributed by atoms with van der Waals surface area (Å²) in [6, 6.07) is 19.6. The molecule has 6 rings (SSSR count). The molecule has 5 heteroatoms. The van der Waals surface area contributed by atoms with E-state index in [0.29, 0.717) is 11.1 Å². The lowest BCUT2D eigenvalue weighted by Crippen LogP contribution is -2.37. The molecule has 3 aromatic carbocycles. The molecule has 0 radical (unpaired) electrons. The van der Waals surface area contributed by atoms with Crippen LogP contribution >= 0.6 is 0 Å². The Morgan fingerprint density at radius 2 is 1.92 bits per heavy atom. The third-order valence-corrected chi connectivity index (χ3v) is 6.93. The van der Waals surface area contributed by atoms with Gasteiger partial charge in [-0.2, -0.15) is 0 Å². The normalized spacial score (nSPS) is 15.3. The summed E-state index contributed by atoms with van der Waals surface area (Å²) < 4.78 is 5.47. The Kier molecular flexibility index (Phi) is 5.90. The van der Waals surface area contributed by atoms with Crippen LogP contribution in [-0.4, -0.2) is 53.8 Å². The molecule has 1 aromatic heterocycles. The fourth-order valence-corrected chi connectivity index (χ4v) is 5.13. The van der Waals surface area contributed by atoms with Gasteiger partial charge >= 0.3 is 5.97 Å². The number of carboxylic acids is 1. The van der Waals surface area contributed by atoms with Crippen LogP contribution in [0.15, 0.2) is 72.4 Å². The topological polar surface area (TPSA) is 65.6 Å². The van der Waals surface area contributed by atoms with Crippen molar-refractivity contribution in [3.63, 3.8) is 0 Å². The van der Waals surface area contributed by atoms with Crippen LogP contribution in [0.5, 0.6) is 0 Å². The Hall–Kier alpha value is -4.11. The molecule has 0 amide bonds. The molecule has 0 unspecified atom stereocenters. The van der Waals surface area contributed by atoms with E-state index < -0.39 is 5.97 Å². The van der Waals surface area contributed by atoms with Crippen molar-refractivity contribution >= 4 is 22.9 Å². The molecule has 178 valence electrons. The Bertz CT molecular complexity index is 1560. The maximum absolute atomic E-state index is 12.1. The molecule has 36 heavy (non-hydrogen) atoms. The van der Waals surface area contributed by atoms with Gasteiger partial charge in [0.2, 0.25) is 0 Å². The number of rotatable bonds is 4. The van der Waals surface area contributed by atoms with E-state index in [1.807, 2.05) is 42.6 Å². The van der Waals surface area contributed by atoms with Crippen LogP contribution in [0.25, 0.3) is 28.1 Å². The number of ether oxygens (including phenoxy) is 1. The molecule has 0 atom stereocenters. The van der Waals surface area contributed by atoms with E-state index in [9.17, 15) is 9.90 Å². The second kappa shape index (κ2) is 9.50. The first-order chi connectivity index (χ1) is 17.6. The second-order valence-electron chi connectivity index (χ2n) is 9.34. The van der Waals surface area contributed by atoms with Gasteiger partial charge in [-0.15, -0.1) is 0 Å². The number of aromatic carboxylic acids is 1. The van der Waals surface area contributed by atoms with E-state index in [-0.39, 0.29) is 5.56 Å². The maximum Gasteiger partial charge on any atom is 0.336 e. The van der Waals surface area contributed by atoms with Crippen LogP contribution in [0.2, 0.25) is 0 Å². The van der Waals surface area contributed by atoms with Gasteiger partial charge in [0.15, 0.2) is 0 Å². The number of aromatic nitrogens is 1. The number of nitrogens with one attached hydrogen (secondary N) is 1. The summed E-state index contributed by atoms with van der Waals surface area (Å²) in [5.74, 6) is 5.60. The number of benzene rings is 3. The highest BCUT2D eigenvalue weighted by Gasteiger charge is 2.18. The Morgan fingerprint density at radius 1 is 1.03 bits per heavy atom. The maximum atomic E-state index is 12.1. The van der Waals surface area contributed by atoms with Crippen molar-refractivity contribution in [2.45, 2.75) is 6.42 Å². The predicted octanol–water partition coefficient (Wildman–Crippen LogP) is 5.20. The van der Waals surface area contributed by atoms with E-state index in [0.717, 1.165) is 61.3 Å². The summed E-state index contributed by atoms with van der Waals surface area (Å²) in [7, 11) is 0. The van der Waals surface area contributed by atoms with E-state index in [4.69, 9.17) is 4.74 Å². The molecular weight excluding hydrogens is 448 g/mol. The summed E-state index contributed by atoms with van der Waals surface area (Å²) >= 11 is 0. The van der Waals surface area contributed by atoms with Gasteiger partial charge in [-0.1, -0.05) is 47.8 Å². The first-order valence-electron chi connectivity index (χ1n) is 12.2. The number of carboxylic acid groups (broad SMARTS) is 1. The number of morpholine rings is 1. The third-order valence-electron chi connectivity index (χ3n) is 6.93. The van der Waals surface area contributed by atoms with Crippen molar-refractivity contribution in [1.29, 1.82) is 0 Å². The van der Waals surface area contributed by atoms with Gasteiger partial charge in [0, 0.05) is 48.0 Å². The van der Waals surface area contributed by atoms with Crippen LogP contribution < -0.4 is 0 Å². The largest absolute Gasteiger partial charge is 0.478 e. The van der Waals surface area contributed by atoms with Crippen molar-refractivity contribution in [2.24, 2.45) is 0 Å². The van der Waals surface area contributed by atoms with Crippen molar-refractivity contribution in [3.05, 3.63) is 100 Å². The van der Waals surface area contributed by atoms with Crippen molar-refractivity contribution in [2.75, 3.05) is 32.8 Å². The van der Waals surface area contributed by atoms with E-state index in [1.165, 1.54) is 16.7 Å². The van der Waals surface area contributed by atoms with Gasteiger partial charge < -0.3 is 14.8 Å². The fourth-order valence-electron chi connectivity index (χ4n) is 5.13. The highest BCUT2D eigenvalue weighted by atomic mass is 16.5. The fraction of sp³-hybridized carbons (Fsp3) is 0.194. The van der Waals surface area contributed by atoms with Crippen LogP contribution in [0.3, 0.4) is 0 Å². The molecular formula is C31H26N2O3. The monoisotopic (exact) mass is 474 g/mol. The number of carbonyl (C=O) groups is 1. The van der Waals surface area contributed by atoms with Crippen LogP contribution in [0.4, 0.5) is 0 Å². The number of H-pyrrole nitrogens is 1. The molecule has 2 N–H and O–H groups in total. The van der Waals surface area contributed by atoms with E-state index >= 15 is 0 Å². The Morgan fingerprint density at radius 3 is 2.78 bits per heavy atom. The molecule has 1 fully saturated rings. The average molecular weight is 475 g/mol. The van der Waals surface area contributed by atoms with Gasteiger partial charge in [-0.3, -0.25) is 4.90 Å². The van der Waals surface area contributed by atoms with Crippen LogP contribution in [-0.2, 0) is 11.2 Å². The third kappa shape index (κ3) is 4.45. The molecule has 1 saturated heterocycles. The van der Waals surface area contributed by atoms with Crippen LogP contribution in [0, 0.1) is 11.8 Å². The molecule has 5 nitrogen and oxygen atoms in total. The molecule has 4 aromatic rings. The highest BCUT2D eigenvalue weighted by Crippen LogP contribution is 2.31. The molecule has 1 aliphatic heterocycles. The zero-order valence-electron chi connectivity index (χ0n) is 19.9. The summed E-state index contributed by atoms with van der Waals surface area (Å²) in [4.78, 5) is 17.7. The van der Waals surface area contributed by atoms with Crippen molar-refractivity contribution in [3.8, 4) is 23.0 Å². The number of fused-ring (bicyclic) bond motifs is 2. The first kappa shape index (κ1) is 22.4. The Labute approximate surface area is 210 Å². The highest BCUT2D eigenvalue weighted by molar-refractivity contribution is 5.99. The minimum Gasteiger partial charge on any atom is -0.478 e. The van der Waals surface area contributed by atoms with Crippen molar-refractivity contribution in [1.82, 2.24) is 9.88 Å². The standard InChI is InChI=1S/C31H26N2O3/c34-31(35)28-3-1-2-24(30(28)26-9-8-23-10-11-32-29(23)19-26)6-4-21-5-7-25-17-22(18-27(25)16-21)20-33-12-14-36-15-13-33/h1-3,5,7-11,16-17,19,32H,12-15,18,20H2,(H,34,35). The Balaban J connectivity index is 1.29. The minimum absolute atomic E-state index is 0.249. The quantitative estimate of drug-likeness (QED) is 0.399. The summed E-state index contributed by atoms with van der Waals surface area (Å²) in [5, 5.41) is 11.0. The molecule has 0 saturated carbocycles. The zero-order valence-corrected chi connectivity index (χ0v) is 19.9. The van der Waals surface area contributed by atoms with Gasteiger partial charge in [-0.25, -0.2) is 4.79 Å². The molecule has 0 spiro atoms.